The molecule has 84 valence electrons. The molecule has 0 fully saturated rings. The van der Waals surface area contributed by atoms with E-state index in [1.165, 1.54) is 0 Å². The molecule has 2 rings (SSSR count). The molecule has 2 N–H and O–H groups in total. The van der Waals surface area contributed by atoms with Gasteiger partial charge in [0.25, 0.3) is 0 Å². The van der Waals surface area contributed by atoms with E-state index in [0.717, 1.165) is 11.4 Å². The standard InChI is InChI=1S/C11H11Cl2N3/c1-16-10(13)9(6-14)15-11(16)7-2-4-8(12)5-3-7/h2-5H,6,14H2,1H3. The van der Waals surface area contributed by atoms with Crippen LogP contribution >= 0.6 is 23.2 Å². The largest absolute Gasteiger partial charge is 0.325 e. The van der Waals surface area contributed by atoms with E-state index < -0.39 is 0 Å². The Morgan fingerprint density at radius 3 is 2.38 bits per heavy atom. The van der Waals surface area contributed by atoms with Gasteiger partial charge in [-0.3, -0.25) is 0 Å². The third-order valence-electron chi connectivity index (χ3n) is 2.39. The lowest BCUT2D eigenvalue weighted by molar-refractivity contribution is 0.922. The average Bonchev–Trinajstić information content (AvgIpc) is 2.57. The van der Waals surface area contributed by atoms with E-state index >= 15 is 0 Å². The highest BCUT2D eigenvalue weighted by Crippen LogP contribution is 2.25. The molecule has 0 aliphatic carbocycles. The number of nitrogens with two attached hydrogens (primary N) is 1. The molecular weight excluding hydrogens is 245 g/mol. The lowest BCUT2D eigenvalue weighted by atomic mass is 10.2. The number of aromatic nitrogens is 2. The minimum atomic E-state index is 0.334. The quantitative estimate of drug-likeness (QED) is 0.897. The van der Waals surface area contributed by atoms with Crippen LogP contribution in [-0.2, 0) is 13.6 Å². The van der Waals surface area contributed by atoms with E-state index in [4.69, 9.17) is 28.9 Å². The maximum atomic E-state index is 6.09. The average molecular weight is 256 g/mol. The zero-order valence-corrected chi connectivity index (χ0v) is 10.3. The van der Waals surface area contributed by atoms with Gasteiger partial charge in [0.2, 0.25) is 0 Å². The van der Waals surface area contributed by atoms with Crippen molar-refractivity contribution in [2.75, 3.05) is 0 Å². The van der Waals surface area contributed by atoms with Crippen LogP contribution in [0.15, 0.2) is 24.3 Å². The summed E-state index contributed by atoms with van der Waals surface area (Å²) in [7, 11) is 1.86. The number of imidazole rings is 1. The molecule has 1 heterocycles. The summed E-state index contributed by atoms with van der Waals surface area (Å²) in [6.45, 7) is 0.334. The van der Waals surface area contributed by atoms with Gasteiger partial charge in [0.15, 0.2) is 0 Å². The summed E-state index contributed by atoms with van der Waals surface area (Å²) in [6, 6.07) is 7.45. The van der Waals surface area contributed by atoms with Crippen LogP contribution in [0.5, 0.6) is 0 Å². The van der Waals surface area contributed by atoms with Gasteiger partial charge in [-0.15, -0.1) is 0 Å². The molecule has 1 aromatic carbocycles. The number of nitrogens with zero attached hydrogens (tertiary/aromatic N) is 2. The molecule has 0 bridgehead atoms. The monoisotopic (exact) mass is 255 g/mol. The third-order valence-corrected chi connectivity index (χ3v) is 3.11. The lowest BCUT2D eigenvalue weighted by Crippen LogP contribution is -1.97. The van der Waals surface area contributed by atoms with Crippen molar-refractivity contribution in [1.82, 2.24) is 9.55 Å². The molecule has 2 aromatic rings. The van der Waals surface area contributed by atoms with Crippen molar-refractivity contribution < 1.29 is 0 Å². The van der Waals surface area contributed by atoms with Gasteiger partial charge in [-0.05, 0) is 24.3 Å². The molecular formula is C11H11Cl2N3. The van der Waals surface area contributed by atoms with Crippen molar-refractivity contribution in [1.29, 1.82) is 0 Å². The van der Waals surface area contributed by atoms with Gasteiger partial charge in [-0.2, -0.15) is 0 Å². The molecule has 0 radical (unpaired) electrons. The fraction of sp³-hybridized carbons (Fsp3) is 0.182. The van der Waals surface area contributed by atoms with Gasteiger partial charge >= 0.3 is 0 Å². The summed E-state index contributed by atoms with van der Waals surface area (Å²) < 4.78 is 1.81. The first-order valence-corrected chi connectivity index (χ1v) is 5.56. The summed E-state index contributed by atoms with van der Waals surface area (Å²) >= 11 is 11.9. The van der Waals surface area contributed by atoms with Crippen molar-refractivity contribution in [2.45, 2.75) is 6.54 Å². The first kappa shape index (κ1) is 11.5. The van der Waals surface area contributed by atoms with Crippen LogP contribution in [0.1, 0.15) is 5.69 Å². The SMILES string of the molecule is Cn1c(-c2ccc(Cl)cc2)nc(CN)c1Cl. The van der Waals surface area contributed by atoms with E-state index in [1.807, 2.05) is 35.9 Å². The zero-order chi connectivity index (χ0) is 11.7. The first-order chi connectivity index (χ1) is 7.63. The van der Waals surface area contributed by atoms with Crippen LogP contribution in [0.2, 0.25) is 10.2 Å². The Kier molecular flexibility index (Phi) is 3.19. The Bertz CT molecular complexity index is 503. The maximum Gasteiger partial charge on any atom is 0.141 e. The summed E-state index contributed by atoms with van der Waals surface area (Å²) in [4.78, 5) is 4.39. The zero-order valence-electron chi connectivity index (χ0n) is 8.74. The van der Waals surface area contributed by atoms with Crippen LogP contribution < -0.4 is 5.73 Å². The molecule has 16 heavy (non-hydrogen) atoms. The minimum Gasteiger partial charge on any atom is -0.325 e. The topological polar surface area (TPSA) is 43.8 Å². The molecule has 0 amide bonds. The fourth-order valence-electron chi connectivity index (χ4n) is 1.52. The van der Waals surface area contributed by atoms with Gasteiger partial charge in [-0.25, -0.2) is 4.98 Å². The fourth-order valence-corrected chi connectivity index (χ4v) is 1.85. The molecule has 0 saturated carbocycles. The van der Waals surface area contributed by atoms with Crippen LogP contribution in [-0.4, -0.2) is 9.55 Å². The van der Waals surface area contributed by atoms with Crippen molar-refractivity contribution in [3.8, 4) is 11.4 Å². The minimum absolute atomic E-state index is 0.334. The van der Waals surface area contributed by atoms with E-state index in [-0.39, 0.29) is 0 Å². The number of benzene rings is 1. The predicted molar refractivity (Wildman–Crippen MR) is 66.6 cm³/mol. The number of rotatable bonds is 2. The van der Waals surface area contributed by atoms with E-state index in [9.17, 15) is 0 Å². The van der Waals surface area contributed by atoms with Crippen molar-refractivity contribution in [3.05, 3.63) is 40.1 Å². The summed E-state index contributed by atoms with van der Waals surface area (Å²) in [5, 5.41) is 1.27. The Hall–Kier alpha value is -1.03. The molecule has 3 nitrogen and oxygen atoms in total. The number of hydrogen-bond acceptors (Lipinski definition) is 2. The van der Waals surface area contributed by atoms with Crippen molar-refractivity contribution in [3.63, 3.8) is 0 Å². The summed E-state index contributed by atoms with van der Waals surface area (Å²) in [5.74, 6) is 0.794. The maximum absolute atomic E-state index is 6.09. The Balaban J connectivity index is 2.52. The van der Waals surface area contributed by atoms with E-state index in [2.05, 4.69) is 4.98 Å². The number of hydrogen-bond donors (Lipinski definition) is 1. The lowest BCUT2D eigenvalue weighted by Gasteiger charge is -2.02. The summed E-state index contributed by atoms with van der Waals surface area (Å²) in [5.41, 5.74) is 7.22. The van der Waals surface area contributed by atoms with Crippen molar-refractivity contribution in [2.24, 2.45) is 12.8 Å². The molecule has 0 unspecified atom stereocenters. The van der Waals surface area contributed by atoms with E-state index in [1.54, 1.807) is 0 Å². The highest BCUT2D eigenvalue weighted by Gasteiger charge is 2.12. The molecule has 1 aromatic heterocycles. The first-order valence-electron chi connectivity index (χ1n) is 4.80. The molecule has 0 saturated heterocycles. The number of halogens is 2. The van der Waals surface area contributed by atoms with Crippen molar-refractivity contribution >= 4 is 23.2 Å². The smallest absolute Gasteiger partial charge is 0.141 e. The van der Waals surface area contributed by atoms with Gasteiger partial charge in [0.05, 0.1) is 5.69 Å². The van der Waals surface area contributed by atoms with E-state index in [0.29, 0.717) is 22.4 Å². The molecule has 0 spiro atoms. The van der Waals surface area contributed by atoms with Crippen LogP contribution in [0, 0.1) is 0 Å². The van der Waals surface area contributed by atoms with Gasteiger partial charge in [0.1, 0.15) is 11.0 Å². The second-order valence-electron chi connectivity index (χ2n) is 3.44. The van der Waals surface area contributed by atoms with Gasteiger partial charge in [0, 0.05) is 24.2 Å². The Labute approximate surface area is 104 Å². The Morgan fingerprint density at radius 2 is 1.88 bits per heavy atom. The predicted octanol–water partition coefficient (Wildman–Crippen LogP) is 2.85. The Morgan fingerprint density at radius 1 is 1.25 bits per heavy atom. The second-order valence-corrected chi connectivity index (χ2v) is 4.24. The highest BCUT2D eigenvalue weighted by molar-refractivity contribution is 6.31. The molecule has 5 heteroatoms. The van der Waals surface area contributed by atoms with Crippen LogP contribution in [0.25, 0.3) is 11.4 Å². The third kappa shape index (κ3) is 1.94. The highest BCUT2D eigenvalue weighted by atomic mass is 35.5. The normalized spacial score (nSPS) is 10.8. The molecule has 0 atom stereocenters. The second kappa shape index (κ2) is 4.45. The van der Waals surface area contributed by atoms with Gasteiger partial charge < -0.3 is 10.3 Å². The van der Waals surface area contributed by atoms with Crippen LogP contribution in [0.4, 0.5) is 0 Å². The molecule has 0 aliphatic rings. The van der Waals surface area contributed by atoms with Gasteiger partial charge in [-0.1, -0.05) is 23.2 Å². The summed E-state index contributed by atoms with van der Waals surface area (Å²) in [6.07, 6.45) is 0. The van der Waals surface area contributed by atoms with Crippen LogP contribution in [0.3, 0.4) is 0 Å². The molecule has 0 aliphatic heterocycles.